The number of ether oxygens (including phenoxy) is 1. The number of aliphatic hydroxyl groups is 1. The number of carbonyl (C=O) groups excluding carboxylic acids is 1. The Balaban J connectivity index is 2.64. The van der Waals surface area contributed by atoms with E-state index in [9.17, 15) is 9.59 Å². The molecule has 5 nitrogen and oxygen atoms in total. The van der Waals surface area contributed by atoms with Crippen molar-refractivity contribution in [2.75, 3.05) is 13.2 Å². The Morgan fingerprint density at radius 1 is 1.67 bits per heavy atom. The first kappa shape index (κ1) is 8.99. The third kappa shape index (κ3) is 1.73. The predicted octanol–water partition coefficient (Wildman–Crippen LogP) is -0.613. The van der Waals surface area contributed by atoms with Crippen LogP contribution in [0.3, 0.4) is 0 Å². The lowest BCUT2D eigenvalue weighted by atomic mass is 9.85. The standard InChI is InChI=1S/C7H10O5/c8-3-7(1-5(9)10)2-6(11)12-4-7/h8H,1-4H2,(H,9,10). The lowest BCUT2D eigenvalue weighted by molar-refractivity contribution is -0.141. The Morgan fingerprint density at radius 2 is 2.33 bits per heavy atom. The van der Waals surface area contributed by atoms with E-state index in [0.717, 1.165) is 0 Å². The minimum absolute atomic E-state index is 0.00417. The van der Waals surface area contributed by atoms with Crippen molar-refractivity contribution in [3.05, 3.63) is 0 Å². The Morgan fingerprint density at radius 3 is 2.67 bits per heavy atom. The Hall–Kier alpha value is -1.10. The fraction of sp³-hybridized carbons (Fsp3) is 0.714. The van der Waals surface area contributed by atoms with Crippen LogP contribution in [0.2, 0.25) is 0 Å². The summed E-state index contributed by atoms with van der Waals surface area (Å²) in [4.78, 5) is 21.0. The van der Waals surface area contributed by atoms with E-state index < -0.39 is 17.4 Å². The molecule has 0 saturated carbocycles. The highest BCUT2D eigenvalue weighted by Crippen LogP contribution is 2.32. The molecule has 0 aromatic carbocycles. The zero-order valence-corrected chi connectivity index (χ0v) is 6.45. The normalized spacial score (nSPS) is 28.6. The number of carboxylic acids is 1. The molecule has 0 aromatic rings. The second kappa shape index (κ2) is 3.10. The Labute approximate surface area is 68.9 Å². The highest BCUT2D eigenvalue weighted by Gasteiger charge is 2.41. The van der Waals surface area contributed by atoms with Gasteiger partial charge in [-0.3, -0.25) is 9.59 Å². The smallest absolute Gasteiger partial charge is 0.306 e. The first-order valence-corrected chi connectivity index (χ1v) is 3.56. The lowest BCUT2D eigenvalue weighted by Gasteiger charge is -2.19. The summed E-state index contributed by atoms with van der Waals surface area (Å²) < 4.78 is 4.60. The molecule has 1 heterocycles. The van der Waals surface area contributed by atoms with Gasteiger partial charge in [0.2, 0.25) is 0 Å². The van der Waals surface area contributed by atoms with Crippen LogP contribution < -0.4 is 0 Å². The van der Waals surface area contributed by atoms with Crippen LogP contribution in [-0.4, -0.2) is 35.4 Å². The molecule has 1 atom stereocenters. The van der Waals surface area contributed by atoms with Crippen molar-refractivity contribution in [1.82, 2.24) is 0 Å². The predicted molar refractivity (Wildman–Crippen MR) is 37.3 cm³/mol. The van der Waals surface area contributed by atoms with Gasteiger partial charge in [-0.2, -0.15) is 0 Å². The maximum atomic E-state index is 10.7. The van der Waals surface area contributed by atoms with E-state index in [4.69, 9.17) is 10.2 Å². The van der Waals surface area contributed by atoms with Crippen LogP contribution in [-0.2, 0) is 14.3 Å². The number of carbonyl (C=O) groups is 2. The summed E-state index contributed by atoms with van der Waals surface area (Å²) in [6.07, 6.45) is -0.231. The van der Waals surface area contributed by atoms with Crippen molar-refractivity contribution >= 4 is 11.9 Å². The summed E-state index contributed by atoms with van der Waals surface area (Å²) in [6, 6.07) is 0. The monoisotopic (exact) mass is 174 g/mol. The topological polar surface area (TPSA) is 83.8 Å². The maximum Gasteiger partial charge on any atom is 0.306 e. The number of aliphatic hydroxyl groups excluding tert-OH is 1. The van der Waals surface area contributed by atoms with Crippen molar-refractivity contribution in [3.8, 4) is 0 Å². The molecule has 1 aliphatic heterocycles. The highest BCUT2D eigenvalue weighted by molar-refractivity contribution is 5.75. The van der Waals surface area contributed by atoms with Crippen LogP contribution in [0.4, 0.5) is 0 Å². The maximum absolute atomic E-state index is 10.7. The molecule has 12 heavy (non-hydrogen) atoms. The first-order chi connectivity index (χ1) is 5.58. The molecular weight excluding hydrogens is 164 g/mol. The van der Waals surface area contributed by atoms with Crippen LogP contribution in [0.5, 0.6) is 0 Å². The quantitative estimate of drug-likeness (QED) is 0.557. The summed E-state index contributed by atoms with van der Waals surface area (Å²) in [7, 11) is 0. The summed E-state index contributed by atoms with van der Waals surface area (Å²) in [5.74, 6) is -1.47. The molecule has 5 heteroatoms. The molecule has 0 aliphatic carbocycles. The highest BCUT2D eigenvalue weighted by atomic mass is 16.5. The van der Waals surface area contributed by atoms with Crippen LogP contribution in [0.15, 0.2) is 0 Å². The van der Waals surface area contributed by atoms with E-state index >= 15 is 0 Å². The molecule has 0 amide bonds. The SMILES string of the molecule is O=C(O)CC1(CO)COC(=O)C1. The molecule has 0 aromatic heterocycles. The van der Waals surface area contributed by atoms with Crippen molar-refractivity contribution in [2.45, 2.75) is 12.8 Å². The molecule has 0 radical (unpaired) electrons. The third-order valence-corrected chi connectivity index (χ3v) is 1.92. The van der Waals surface area contributed by atoms with E-state index in [-0.39, 0.29) is 26.1 Å². The minimum atomic E-state index is -1.03. The van der Waals surface area contributed by atoms with Crippen LogP contribution >= 0.6 is 0 Å². The van der Waals surface area contributed by atoms with E-state index in [1.165, 1.54) is 0 Å². The van der Waals surface area contributed by atoms with Crippen molar-refractivity contribution in [1.29, 1.82) is 0 Å². The van der Waals surface area contributed by atoms with E-state index in [2.05, 4.69) is 4.74 Å². The number of hydrogen-bond acceptors (Lipinski definition) is 4. The number of rotatable bonds is 3. The summed E-state index contributed by atoms with van der Waals surface area (Å²) in [6.45, 7) is -0.320. The van der Waals surface area contributed by atoms with Crippen molar-refractivity contribution < 1.29 is 24.5 Å². The molecule has 0 bridgehead atoms. The summed E-state index contributed by atoms with van der Waals surface area (Å²) in [5, 5.41) is 17.4. The molecule has 1 fully saturated rings. The second-order valence-corrected chi connectivity index (χ2v) is 3.07. The van der Waals surface area contributed by atoms with Crippen molar-refractivity contribution in [3.63, 3.8) is 0 Å². The van der Waals surface area contributed by atoms with Gasteiger partial charge in [0.25, 0.3) is 0 Å². The average Bonchev–Trinajstić information content (AvgIpc) is 2.32. The fourth-order valence-electron chi connectivity index (χ4n) is 1.23. The van der Waals surface area contributed by atoms with E-state index in [0.29, 0.717) is 0 Å². The zero-order chi connectivity index (χ0) is 9.19. The molecule has 0 spiro atoms. The third-order valence-electron chi connectivity index (χ3n) is 1.92. The second-order valence-electron chi connectivity index (χ2n) is 3.07. The number of hydrogen-bond donors (Lipinski definition) is 2. The van der Waals surface area contributed by atoms with Gasteiger partial charge in [0.1, 0.15) is 6.61 Å². The number of carboxylic acid groups (broad SMARTS) is 1. The van der Waals surface area contributed by atoms with E-state index in [1.54, 1.807) is 0 Å². The van der Waals surface area contributed by atoms with Gasteiger partial charge in [0.15, 0.2) is 0 Å². The Bertz CT molecular complexity index is 212. The number of aliphatic carboxylic acids is 1. The Kier molecular flexibility index (Phi) is 2.32. The van der Waals surface area contributed by atoms with Crippen LogP contribution in [0, 0.1) is 5.41 Å². The lowest BCUT2D eigenvalue weighted by Crippen LogP contribution is -2.29. The zero-order valence-electron chi connectivity index (χ0n) is 6.45. The molecule has 68 valence electrons. The molecule has 2 N–H and O–H groups in total. The van der Waals surface area contributed by atoms with E-state index in [1.807, 2.05) is 0 Å². The summed E-state index contributed by atoms with van der Waals surface area (Å²) >= 11 is 0. The van der Waals surface area contributed by atoms with Gasteiger partial charge in [-0.05, 0) is 0 Å². The van der Waals surface area contributed by atoms with Gasteiger partial charge >= 0.3 is 11.9 Å². The summed E-state index contributed by atoms with van der Waals surface area (Å²) in [5.41, 5.74) is -0.886. The van der Waals surface area contributed by atoms with Crippen molar-refractivity contribution in [2.24, 2.45) is 5.41 Å². The molecule has 1 unspecified atom stereocenters. The molecule has 1 rings (SSSR count). The van der Waals surface area contributed by atoms with Gasteiger partial charge in [-0.1, -0.05) is 0 Å². The van der Waals surface area contributed by atoms with Crippen LogP contribution in [0.1, 0.15) is 12.8 Å². The van der Waals surface area contributed by atoms with Gasteiger partial charge in [0, 0.05) is 5.41 Å². The van der Waals surface area contributed by atoms with Crippen LogP contribution in [0.25, 0.3) is 0 Å². The molecular formula is C7H10O5. The van der Waals surface area contributed by atoms with Gasteiger partial charge in [-0.25, -0.2) is 0 Å². The van der Waals surface area contributed by atoms with Gasteiger partial charge < -0.3 is 14.9 Å². The molecule has 1 aliphatic rings. The average molecular weight is 174 g/mol. The van der Waals surface area contributed by atoms with Gasteiger partial charge in [0.05, 0.1) is 19.4 Å². The van der Waals surface area contributed by atoms with Gasteiger partial charge in [-0.15, -0.1) is 0 Å². The largest absolute Gasteiger partial charge is 0.481 e. The number of cyclic esters (lactones) is 1. The molecule has 1 saturated heterocycles. The first-order valence-electron chi connectivity index (χ1n) is 3.56. The number of esters is 1. The fourth-order valence-corrected chi connectivity index (χ4v) is 1.23. The minimum Gasteiger partial charge on any atom is -0.481 e.